The minimum absolute atomic E-state index is 0.220. The number of nitrogens with zero attached hydrogens (tertiary/aromatic N) is 3. The molecule has 1 rings (SSSR count). The molecule has 0 aliphatic rings. The molecule has 1 aromatic rings. The highest BCUT2D eigenvalue weighted by Gasteiger charge is 2.13. The number of rotatable bonds is 5. The molecule has 3 N–H and O–H groups in total. The lowest BCUT2D eigenvalue weighted by Crippen LogP contribution is -2.30. The number of nitrogens with one attached hydrogen (secondary N) is 2. The van der Waals surface area contributed by atoms with Crippen LogP contribution in [0, 0.1) is 0 Å². The van der Waals surface area contributed by atoms with E-state index in [9.17, 15) is 5.11 Å². The lowest BCUT2D eigenvalue weighted by molar-refractivity contribution is 0.0943. The van der Waals surface area contributed by atoms with Crippen molar-refractivity contribution in [2.24, 2.45) is 0 Å². The van der Waals surface area contributed by atoms with Gasteiger partial charge in [-0.2, -0.15) is 15.0 Å². The fourth-order valence-corrected chi connectivity index (χ4v) is 0.934. The first-order chi connectivity index (χ1) is 7.44. The molecule has 7 nitrogen and oxygen atoms in total. The first kappa shape index (κ1) is 12.4. The summed E-state index contributed by atoms with van der Waals surface area (Å²) in [6.45, 7) is 3.72. The summed E-state index contributed by atoms with van der Waals surface area (Å²) in [5, 5.41) is 15.2. The Labute approximate surface area is 94.3 Å². The Hall–Kier alpha value is -1.63. The molecule has 0 spiro atoms. The lowest BCUT2D eigenvalue weighted by atomic mass is 10.1. The van der Waals surface area contributed by atoms with Crippen molar-refractivity contribution in [3.63, 3.8) is 0 Å². The Kier molecular flexibility index (Phi) is 3.83. The Morgan fingerprint density at radius 3 is 2.38 bits per heavy atom. The first-order valence-corrected chi connectivity index (χ1v) is 4.88. The maximum atomic E-state index is 9.55. The summed E-state index contributed by atoms with van der Waals surface area (Å²) in [4.78, 5) is 12.0. The van der Waals surface area contributed by atoms with Crippen molar-refractivity contribution in [2.75, 3.05) is 31.3 Å². The third-order valence-corrected chi connectivity index (χ3v) is 1.70. The van der Waals surface area contributed by atoms with Crippen LogP contribution < -0.4 is 15.4 Å². The first-order valence-electron chi connectivity index (χ1n) is 4.88. The number of aromatic nitrogens is 3. The quantitative estimate of drug-likeness (QED) is 0.657. The van der Waals surface area contributed by atoms with Crippen LogP contribution in [0.3, 0.4) is 0 Å². The predicted molar refractivity (Wildman–Crippen MR) is 60.7 cm³/mol. The van der Waals surface area contributed by atoms with E-state index >= 15 is 0 Å². The van der Waals surface area contributed by atoms with Gasteiger partial charge in [0.15, 0.2) is 0 Å². The molecule has 0 aromatic carbocycles. The number of anilines is 2. The van der Waals surface area contributed by atoms with Crippen LogP contribution in [-0.2, 0) is 0 Å². The van der Waals surface area contributed by atoms with Gasteiger partial charge >= 0.3 is 6.01 Å². The van der Waals surface area contributed by atoms with E-state index in [1.807, 2.05) is 0 Å². The standard InChI is InChI=1S/C9H17N5O2/c1-9(2,15)5-11-7-12-6(10-3)13-8(14-7)16-4/h15H,5H2,1-4H3,(H2,10,11,12,13,14). The van der Waals surface area contributed by atoms with Gasteiger partial charge in [-0.1, -0.05) is 0 Å². The highest BCUT2D eigenvalue weighted by atomic mass is 16.5. The van der Waals surface area contributed by atoms with E-state index in [-0.39, 0.29) is 6.01 Å². The van der Waals surface area contributed by atoms with Gasteiger partial charge in [0.25, 0.3) is 0 Å². The second-order valence-electron chi connectivity index (χ2n) is 3.89. The van der Waals surface area contributed by atoms with Crippen molar-refractivity contribution in [3.8, 4) is 6.01 Å². The maximum Gasteiger partial charge on any atom is 0.322 e. The number of aliphatic hydroxyl groups is 1. The molecule has 16 heavy (non-hydrogen) atoms. The molecule has 0 amide bonds. The average Bonchev–Trinajstić information content (AvgIpc) is 2.25. The highest BCUT2D eigenvalue weighted by Crippen LogP contribution is 2.11. The Morgan fingerprint density at radius 2 is 1.88 bits per heavy atom. The molecule has 0 saturated carbocycles. The summed E-state index contributed by atoms with van der Waals surface area (Å²) in [7, 11) is 3.18. The fraction of sp³-hybridized carbons (Fsp3) is 0.667. The van der Waals surface area contributed by atoms with Gasteiger partial charge in [0.1, 0.15) is 0 Å². The number of methoxy groups -OCH3 is 1. The van der Waals surface area contributed by atoms with Gasteiger partial charge in [-0.3, -0.25) is 0 Å². The van der Waals surface area contributed by atoms with Crippen LogP contribution in [0.5, 0.6) is 6.01 Å². The van der Waals surface area contributed by atoms with Crippen LogP contribution in [0.1, 0.15) is 13.8 Å². The largest absolute Gasteiger partial charge is 0.467 e. The maximum absolute atomic E-state index is 9.55. The molecule has 0 atom stereocenters. The van der Waals surface area contributed by atoms with Gasteiger partial charge in [-0.05, 0) is 13.8 Å². The van der Waals surface area contributed by atoms with E-state index in [1.54, 1.807) is 20.9 Å². The molecule has 0 unspecified atom stereocenters. The minimum atomic E-state index is -0.834. The van der Waals surface area contributed by atoms with Crippen LogP contribution in [0.2, 0.25) is 0 Å². The second-order valence-corrected chi connectivity index (χ2v) is 3.89. The smallest absolute Gasteiger partial charge is 0.322 e. The minimum Gasteiger partial charge on any atom is -0.467 e. The number of ether oxygens (including phenoxy) is 1. The second kappa shape index (κ2) is 4.93. The molecular formula is C9H17N5O2. The van der Waals surface area contributed by atoms with Gasteiger partial charge in [0, 0.05) is 13.6 Å². The molecule has 0 saturated heterocycles. The van der Waals surface area contributed by atoms with Crippen molar-refractivity contribution >= 4 is 11.9 Å². The molecule has 0 bridgehead atoms. The molecule has 0 aliphatic heterocycles. The molecule has 0 aliphatic carbocycles. The van der Waals surface area contributed by atoms with Gasteiger partial charge in [0.05, 0.1) is 12.7 Å². The molecule has 0 radical (unpaired) electrons. The van der Waals surface area contributed by atoms with E-state index in [0.717, 1.165) is 0 Å². The monoisotopic (exact) mass is 227 g/mol. The summed E-state index contributed by atoms with van der Waals surface area (Å²) in [6, 6.07) is 0.220. The third kappa shape index (κ3) is 3.85. The zero-order valence-corrected chi connectivity index (χ0v) is 9.90. The van der Waals surface area contributed by atoms with Crippen molar-refractivity contribution in [2.45, 2.75) is 19.4 Å². The Bertz CT molecular complexity index is 328. The van der Waals surface area contributed by atoms with E-state index in [2.05, 4.69) is 25.6 Å². The number of hydrogen-bond acceptors (Lipinski definition) is 7. The van der Waals surface area contributed by atoms with Crippen LogP contribution in [0.15, 0.2) is 0 Å². The van der Waals surface area contributed by atoms with Crippen LogP contribution >= 0.6 is 0 Å². The van der Waals surface area contributed by atoms with Crippen LogP contribution in [-0.4, -0.2) is 46.4 Å². The van der Waals surface area contributed by atoms with Crippen LogP contribution in [0.25, 0.3) is 0 Å². The van der Waals surface area contributed by atoms with Crippen molar-refractivity contribution in [1.29, 1.82) is 0 Å². The predicted octanol–water partition coefficient (Wildman–Crippen LogP) is 0.105. The van der Waals surface area contributed by atoms with Gasteiger partial charge in [-0.15, -0.1) is 0 Å². The van der Waals surface area contributed by atoms with Crippen molar-refractivity contribution < 1.29 is 9.84 Å². The lowest BCUT2D eigenvalue weighted by Gasteiger charge is -2.17. The zero-order valence-electron chi connectivity index (χ0n) is 9.90. The fourth-order valence-electron chi connectivity index (χ4n) is 0.934. The SMILES string of the molecule is CNc1nc(NCC(C)(C)O)nc(OC)n1. The van der Waals surface area contributed by atoms with Crippen molar-refractivity contribution in [3.05, 3.63) is 0 Å². The molecule has 90 valence electrons. The third-order valence-electron chi connectivity index (χ3n) is 1.70. The molecule has 1 aromatic heterocycles. The summed E-state index contributed by atoms with van der Waals surface area (Å²) in [6.07, 6.45) is 0. The highest BCUT2D eigenvalue weighted by molar-refractivity contribution is 5.35. The average molecular weight is 227 g/mol. The molecule has 7 heteroatoms. The summed E-state index contributed by atoms with van der Waals surface area (Å²) in [5.41, 5.74) is -0.834. The summed E-state index contributed by atoms with van der Waals surface area (Å²) in [5.74, 6) is 0.767. The van der Waals surface area contributed by atoms with Gasteiger partial charge in [0.2, 0.25) is 11.9 Å². The summed E-state index contributed by atoms with van der Waals surface area (Å²) < 4.78 is 4.92. The number of hydrogen-bond donors (Lipinski definition) is 3. The van der Waals surface area contributed by atoms with E-state index in [4.69, 9.17) is 4.74 Å². The van der Waals surface area contributed by atoms with Gasteiger partial charge < -0.3 is 20.5 Å². The molecular weight excluding hydrogens is 210 g/mol. The Morgan fingerprint density at radius 1 is 1.25 bits per heavy atom. The zero-order chi connectivity index (χ0) is 12.2. The summed E-state index contributed by atoms with van der Waals surface area (Å²) >= 11 is 0. The van der Waals surface area contributed by atoms with E-state index in [1.165, 1.54) is 7.11 Å². The molecule has 0 fully saturated rings. The van der Waals surface area contributed by atoms with Gasteiger partial charge in [-0.25, -0.2) is 0 Å². The van der Waals surface area contributed by atoms with Crippen LogP contribution in [0.4, 0.5) is 11.9 Å². The van der Waals surface area contributed by atoms with E-state index in [0.29, 0.717) is 18.4 Å². The van der Waals surface area contributed by atoms with E-state index < -0.39 is 5.60 Å². The van der Waals surface area contributed by atoms with Crippen molar-refractivity contribution in [1.82, 2.24) is 15.0 Å². The normalized spacial score (nSPS) is 11.1. The topological polar surface area (TPSA) is 92.2 Å². The molecule has 1 heterocycles. The Balaban J connectivity index is 2.79.